The van der Waals surface area contributed by atoms with Crippen molar-refractivity contribution in [2.75, 3.05) is 46.8 Å². The molecule has 2 aliphatic rings. The van der Waals surface area contributed by atoms with Crippen LogP contribution in [0.5, 0.6) is 0 Å². The molecule has 1 amide bonds. The molecule has 2 saturated heterocycles. The van der Waals surface area contributed by atoms with Crippen LogP contribution in [0.4, 0.5) is 0 Å². The molecule has 0 aliphatic carbocycles. The van der Waals surface area contributed by atoms with Crippen molar-refractivity contribution >= 4 is 5.91 Å². The molecule has 5 heteroatoms. The molecule has 0 spiro atoms. The molecule has 0 aromatic heterocycles. The van der Waals surface area contributed by atoms with Crippen LogP contribution in [-0.4, -0.2) is 79.5 Å². The molecule has 5 nitrogen and oxygen atoms in total. The molecular formula is C20H32N4O. The number of carbonyl (C=O) groups excluding carboxylic acids is 1. The summed E-state index contributed by atoms with van der Waals surface area (Å²) >= 11 is 0. The Hall–Kier alpha value is -1.43. The second-order valence-corrected chi connectivity index (χ2v) is 7.76. The minimum absolute atomic E-state index is 0.140. The average Bonchev–Trinajstić information content (AvgIpc) is 3.03. The summed E-state index contributed by atoms with van der Waals surface area (Å²) in [7, 11) is 4.12. The van der Waals surface area contributed by atoms with Gasteiger partial charge in [0.2, 0.25) is 5.91 Å². The summed E-state index contributed by atoms with van der Waals surface area (Å²) in [6, 6.07) is 11.7. The lowest BCUT2D eigenvalue weighted by Gasteiger charge is -2.42. The molecule has 0 saturated carbocycles. The number of nitrogens with one attached hydrogen (secondary N) is 1. The molecule has 138 valence electrons. The van der Waals surface area contributed by atoms with Crippen LogP contribution in [0.1, 0.15) is 31.4 Å². The Labute approximate surface area is 152 Å². The standard InChI is InChI=1S/C20H32N4O/c1-16-13-23-11-7-10-18(23)14-24(16)15-20(25)21-12-19(22(2)3)17-8-5-4-6-9-17/h4-6,8-9,16,18-19H,7,10-15H2,1-3H3,(H,21,25)/t16-,18-,19+/m1/s1. The summed E-state index contributed by atoms with van der Waals surface area (Å²) < 4.78 is 0. The average molecular weight is 345 g/mol. The fourth-order valence-corrected chi connectivity index (χ4v) is 4.19. The Morgan fingerprint density at radius 2 is 2.04 bits per heavy atom. The number of fused-ring (bicyclic) bond motifs is 1. The lowest BCUT2D eigenvalue weighted by molar-refractivity contribution is -0.123. The van der Waals surface area contributed by atoms with Gasteiger partial charge in [0.05, 0.1) is 12.6 Å². The lowest BCUT2D eigenvalue weighted by atomic mass is 10.1. The third-order valence-corrected chi connectivity index (χ3v) is 5.71. The molecule has 2 fully saturated rings. The number of hydrogen-bond donors (Lipinski definition) is 1. The minimum atomic E-state index is 0.140. The van der Waals surface area contributed by atoms with Crippen molar-refractivity contribution < 1.29 is 4.79 Å². The van der Waals surface area contributed by atoms with Gasteiger partial charge < -0.3 is 10.2 Å². The zero-order valence-corrected chi connectivity index (χ0v) is 15.8. The minimum Gasteiger partial charge on any atom is -0.353 e. The lowest BCUT2D eigenvalue weighted by Crippen LogP contribution is -2.57. The van der Waals surface area contributed by atoms with Gasteiger partial charge in [-0.15, -0.1) is 0 Å². The zero-order valence-electron chi connectivity index (χ0n) is 15.8. The Morgan fingerprint density at radius 3 is 2.76 bits per heavy atom. The van der Waals surface area contributed by atoms with Gasteiger partial charge in [0, 0.05) is 31.7 Å². The first-order valence-corrected chi connectivity index (χ1v) is 9.50. The van der Waals surface area contributed by atoms with E-state index in [4.69, 9.17) is 0 Å². The van der Waals surface area contributed by atoms with Crippen molar-refractivity contribution in [1.29, 1.82) is 0 Å². The SMILES string of the molecule is C[C@@H]1CN2CCC[C@@H]2CN1CC(=O)NC[C@@H](c1ccccc1)N(C)C. The number of likely N-dealkylation sites (N-methyl/N-ethyl adjacent to an activating group) is 1. The summed E-state index contributed by atoms with van der Waals surface area (Å²) in [5.74, 6) is 0.140. The van der Waals surface area contributed by atoms with E-state index >= 15 is 0 Å². The van der Waals surface area contributed by atoms with Gasteiger partial charge in [0.25, 0.3) is 0 Å². The van der Waals surface area contributed by atoms with E-state index in [-0.39, 0.29) is 11.9 Å². The molecule has 1 aromatic carbocycles. The van der Waals surface area contributed by atoms with Crippen molar-refractivity contribution in [3.8, 4) is 0 Å². The summed E-state index contributed by atoms with van der Waals surface area (Å²) in [4.78, 5) is 19.6. The molecule has 3 rings (SSSR count). The Kier molecular flexibility index (Phi) is 6.10. The number of amides is 1. The molecule has 2 heterocycles. The molecule has 0 bridgehead atoms. The largest absolute Gasteiger partial charge is 0.353 e. The number of carbonyl (C=O) groups is 1. The maximum atomic E-state index is 12.5. The van der Waals surface area contributed by atoms with Gasteiger partial charge in [0.15, 0.2) is 0 Å². The summed E-state index contributed by atoms with van der Waals surface area (Å²) in [6.07, 6.45) is 2.58. The number of benzene rings is 1. The maximum absolute atomic E-state index is 12.5. The van der Waals surface area contributed by atoms with Gasteiger partial charge in [-0.3, -0.25) is 14.6 Å². The summed E-state index contributed by atoms with van der Waals surface area (Å²) in [5, 5.41) is 3.15. The Morgan fingerprint density at radius 1 is 1.28 bits per heavy atom. The number of piperazine rings is 1. The van der Waals surface area contributed by atoms with Crippen molar-refractivity contribution in [3.63, 3.8) is 0 Å². The highest BCUT2D eigenvalue weighted by molar-refractivity contribution is 5.78. The smallest absolute Gasteiger partial charge is 0.234 e. The van der Waals surface area contributed by atoms with Crippen molar-refractivity contribution in [2.24, 2.45) is 0 Å². The van der Waals surface area contributed by atoms with Crippen LogP contribution in [0.2, 0.25) is 0 Å². The molecule has 1 aromatic rings. The third-order valence-electron chi connectivity index (χ3n) is 5.71. The first kappa shape index (κ1) is 18.4. The fraction of sp³-hybridized carbons (Fsp3) is 0.650. The topological polar surface area (TPSA) is 38.8 Å². The molecule has 2 aliphatic heterocycles. The third kappa shape index (κ3) is 4.60. The summed E-state index contributed by atoms with van der Waals surface area (Å²) in [6.45, 7) is 6.77. The van der Waals surface area contributed by atoms with Crippen LogP contribution in [0.25, 0.3) is 0 Å². The van der Waals surface area contributed by atoms with Crippen LogP contribution < -0.4 is 5.32 Å². The first-order valence-electron chi connectivity index (χ1n) is 9.50. The maximum Gasteiger partial charge on any atom is 0.234 e. The van der Waals surface area contributed by atoms with E-state index < -0.39 is 0 Å². The highest BCUT2D eigenvalue weighted by Crippen LogP contribution is 2.24. The van der Waals surface area contributed by atoms with Crippen molar-refractivity contribution in [2.45, 2.75) is 37.9 Å². The van der Waals surface area contributed by atoms with Crippen LogP contribution in [0.3, 0.4) is 0 Å². The molecule has 1 N–H and O–H groups in total. The van der Waals surface area contributed by atoms with E-state index in [2.05, 4.69) is 65.3 Å². The molecule has 25 heavy (non-hydrogen) atoms. The van der Waals surface area contributed by atoms with Crippen LogP contribution in [-0.2, 0) is 4.79 Å². The first-order chi connectivity index (χ1) is 12.0. The van der Waals surface area contributed by atoms with Gasteiger partial charge >= 0.3 is 0 Å². The van der Waals surface area contributed by atoms with Gasteiger partial charge in [-0.05, 0) is 46.0 Å². The summed E-state index contributed by atoms with van der Waals surface area (Å²) in [5.41, 5.74) is 1.24. The van der Waals surface area contributed by atoms with Gasteiger partial charge in [-0.2, -0.15) is 0 Å². The van der Waals surface area contributed by atoms with E-state index in [0.717, 1.165) is 13.1 Å². The van der Waals surface area contributed by atoms with Crippen molar-refractivity contribution in [1.82, 2.24) is 20.0 Å². The molecular weight excluding hydrogens is 312 g/mol. The second-order valence-electron chi connectivity index (χ2n) is 7.76. The fourth-order valence-electron chi connectivity index (χ4n) is 4.19. The van der Waals surface area contributed by atoms with Crippen LogP contribution in [0.15, 0.2) is 30.3 Å². The quantitative estimate of drug-likeness (QED) is 0.850. The predicted molar refractivity (Wildman–Crippen MR) is 102 cm³/mol. The van der Waals surface area contributed by atoms with Crippen molar-refractivity contribution in [3.05, 3.63) is 35.9 Å². The van der Waals surface area contributed by atoms with Gasteiger partial charge in [-0.1, -0.05) is 30.3 Å². The molecule has 3 atom stereocenters. The van der Waals surface area contributed by atoms with E-state index in [9.17, 15) is 4.79 Å². The van der Waals surface area contributed by atoms with E-state index in [1.807, 2.05) is 6.07 Å². The van der Waals surface area contributed by atoms with Crippen LogP contribution in [0, 0.1) is 0 Å². The monoisotopic (exact) mass is 344 g/mol. The predicted octanol–water partition coefficient (Wildman–Crippen LogP) is 1.57. The highest BCUT2D eigenvalue weighted by atomic mass is 16.2. The highest BCUT2D eigenvalue weighted by Gasteiger charge is 2.34. The number of nitrogens with zero attached hydrogens (tertiary/aromatic N) is 3. The van der Waals surface area contributed by atoms with Crippen LogP contribution >= 0.6 is 0 Å². The zero-order chi connectivity index (χ0) is 17.8. The van der Waals surface area contributed by atoms with Gasteiger partial charge in [-0.25, -0.2) is 0 Å². The van der Waals surface area contributed by atoms with Gasteiger partial charge in [0.1, 0.15) is 0 Å². The Balaban J connectivity index is 1.51. The van der Waals surface area contributed by atoms with E-state index in [1.54, 1.807) is 0 Å². The van der Waals surface area contributed by atoms with E-state index in [1.165, 1.54) is 24.9 Å². The number of hydrogen-bond acceptors (Lipinski definition) is 4. The molecule has 0 radical (unpaired) electrons. The second kappa shape index (κ2) is 8.30. The molecule has 0 unspecified atom stereocenters. The number of rotatable bonds is 6. The van der Waals surface area contributed by atoms with E-state index in [0.29, 0.717) is 25.2 Å². The Bertz CT molecular complexity index is 562. The normalized spacial score (nSPS) is 25.8.